The molecule has 1 fully saturated rings. The minimum Gasteiger partial charge on any atom is -0.339 e. The van der Waals surface area contributed by atoms with Crippen molar-refractivity contribution in [3.05, 3.63) is 63.7 Å². The molecule has 2 aromatic carbocycles. The van der Waals surface area contributed by atoms with Crippen LogP contribution in [0.5, 0.6) is 0 Å². The van der Waals surface area contributed by atoms with Crippen molar-refractivity contribution in [1.29, 1.82) is 0 Å². The van der Waals surface area contributed by atoms with Gasteiger partial charge in [-0.3, -0.25) is 9.59 Å². The number of hydrogen-bond donors (Lipinski definition) is 1. The van der Waals surface area contributed by atoms with Crippen molar-refractivity contribution in [2.24, 2.45) is 0 Å². The summed E-state index contributed by atoms with van der Waals surface area (Å²) in [6.45, 7) is 5.49. The van der Waals surface area contributed by atoms with Gasteiger partial charge in [0.1, 0.15) is 0 Å². The van der Waals surface area contributed by atoms with Gasteiger partial charge in [-0.1, -0.05) is 17.7 Å². The number of carbonyl (C=O) groups excluding carboxylic acids is 2. The third-order valence-corrected chi connectivity index (χ3v) is 4.76. The van der Waals surface area contributed by atoms with Gasteiger partial charge in [-0.25, -0.2) is 0 Å². The summed E-state index contributed by atoms with van der Waals surface area (Å²) < 4.78 is 0. The third-order valence-electron chi connectivity index (χ3n) is 4.46. The lowest BCUT2D eigenvalue weighted by Crippen LogP contribution is -2.27. The molecule has 0 radical (unpaired) electrons. The van der Waals surface area contributed by atoms with Crippen LogP contribution in [-0.2, 0) is 0 Å². The van der Waals surface area contributed by atoms with Crippen LogP contribution in [0.1, 0.15) is 44.7 Å². The molecule has 3 rings (SSSR count). The summed E-state index contributed by atoms with van der Waals surface area (Å²) in [5, 5.41) is 3.38. The Bertz CT molecular complexity index is 786. The number of halogens is 1. The maximum absolute atomic E-state index is 12.5. The van der Waals surface area contributed by atoms with E-state index in [1.165, 1.54) is 0 Å². The molecule has 1 heterocycles. The molecule has 0 spiro atoms. The van der Waals surface area contributed by atoms with Gasteiger partial charge in [-0.15, -0.1) is 0 Å². The van der Waals surface area contributed by atoms with Crippen LogP contribution >= 0.6 is 11.6 Å². The van der Waals surface area contributed by atoms with Gasteiger partial charge in [0.25, 0.3) is 11.8 Å². The monoisotopic (exact) mass is 356 g/mol. The molecule has 1 aliphatic rings. The Labute approximate surface area is 152 Å². The topological polar surface area (TPSA) is 49.4 Å². The van der Waals surface area contributed by atoms with E-state index >= 15 is 0 Å². The Kier molecular flexibility index (Phi) is 5.09. The summed E-state index contributed by atoms with van der Waals surface area (Å²) in [4.78, 5) is 26.7. The zero-order chi connectivity index (χ0) is 18.0. The smallest absolute Gasteiger partial charge is 0.255 e. The van der Waals surface area contributed by atoms with Gasteiger partial charge >= 0.3 is 0 Å². The first-order chi connectivity index (χ1) is 12.0. The number of aryl methyl sites for hydroxylation is 2. The molecule has 25 heavy (non-hydrogen) atoms. The molecule has 2 amide bonds. The zero-order valence-electron chi connectivity index (χ0n) is 14.4. The molecule has 5 heteroatoms. The summed E-state index contributed by atoms with van der Waals surface area (Å²) in [6.07, 6.45) is 2.12. The van der Waals surface area contributed by atoms with Crippen molar-refractivity contribution in [2.75, 3.05) is 18.4 Å². The number of amides is 2. The number of anilines is 1. The summed E-state index contributed by atoms with van der Waals surface area (Å²) in [7, 11) is 0. The van der Waals surface area contributed by atoms with Crippen molar-refractivity contribution in [3.8, 4) is 0 Å². The van der Waals surface area contributed by atoms with Gasteiger partial charge in [0.15, 0.2) is 0 Å². The fourth-order valence-corrected chi connectivity index (χ4v) is 3.50. The second-order valence-corrected chi connectivity index (χ2v) is 6.88. The molecule has 0 aliphatic carbocycles. The van der Waals surface area contributed by atoms with E-state index in [2.05, 4.69) is 5.32 Å². The number of hydrogen-bond acceptors (Lipinski definition) is 2. The lowest BCUT2D eigenvalue weighted by Gasteiger charge is -2.15. The molecule has 2 aromatic rings. The van der Waals surface area contributed by atoms with E-state index < -0.39 is 0 Å². The standard InChI is InChI=1S/C20H21ClN2O2/c1-13-11-14(2)18(17(21)12-13)22-19(24)15-5-7-16(8-6-15)20(25)23-9-3-4-10-23/h5-8,11-12H,3-4,9-10H2,1-2H3,(H,22,24). The summed E-state index contributed by atoms with van der Waals surface area (Å²) in [6, 6.07) is 10.6. The van der Waals surface area contributed by atoms with Gasteiger partial charge in [0, 0.05) is 24.2 Å². The molecule has 4 nitrogen and oxygen atoms in total. The van der Waals surface area contributed by atoms with Crippen molar-refractivity contribution in [1.82, 2.24) is 4.90 Å². The Hall–Kier alpha value is -2.33. The summed E-state index contributed by atoms with van der Waals surface area (Å²) in [5.41, 5.74) is 3.69. The average Bonchev–Trinajstić information content (AvgIpc) is 3.12. The van der Waals surface area contributed by atoms with E-state index in [1.54, 1.807) is 24.3 Å². The van der Waals surface area contributed by atoms with Crippen LogP contribution in [0.4, 0.5) is 5.69 Å². The normalized spacial score (nSPS) is 13.8. The predicted octanol–water partition coefficient (Wildman–Crippen LogP) is 4.45. The van der Waals surface area contributed by atoms with Crippen molar-refractivity contribution >= 4 is 29.1 Å². The number of benzene rings is 2. The maximum atomic E-state index is 12.5. The number of carbonyl (C=O) groups is 2. The maximum Gasteiger partial charge on any atom is 0.255 e. The van der Waals surface area contributed by atoms with Crippen LogP contribution in [0.15, 0.2) is 36.4 Å². The average molecular weight is 357 g/mol. The van der Waals surface area contributed by atoms with E-state index in [-0.39, 0.29) is 11.8 Å². The first-order valence-electron chi connectivity index (χ1n) is 8.43. The van der Waals surface area contributed by atoms with Crippen molar-refractivity contribution < 1.29 is 9.59 Å². The van der Waals surface area contributed by atoms with Gasteiger partial charge in [0.2, 0.25) is 0 Å². The van der Waals surface area contributed by atoms with Crippen molar-refractivity contribution in [2.45, 2.75) is 26.7 Å². The minimum atomic E-state index is -0.242. The first-order valence-corrected chi connectivity index (χ1v) is 8.81. The number of likely N-dealkylation sites (tertiary alicyclic amines) is 1. The quantitative estimate of drug-likeness (QED) is 0.883. The molecule has 1 aliphatic heterocycles. The highest BCUT2D eigenvalue weighted by atomic mass is 35.5. The molecule has 0 unspecified atom stereocenters. The molecule has 0 aromatic heterocycles. The second-order valence-electron chi connectivity index (χ2n) is 6.47. The minimum absolute atomic E-state index is 0.0295. The van der Waals surface area contributed by atoms with E-state index in [9.17, 15) is 9.59 Å². The molecule has 1 N–H and O–H groups in total. The van der Waals surface area contributed by atoms with Crippen LogP contribution in [0, 0.1) is 13.8 Å². The molecule has 0 bridgehead atoms. The summed E-state index contributed by atoms with van der Waals surface area (Å²) >= 11 is 6.24. The lowest BCUT2D eigenvalue weighted by molar-refractivity contribution is 0.0792. The Morgan fingerprint density at radius 3 is 2.20 bits per heavy atom. The first kappa shape index (κ1) is 17.5. The molecule has 130 valence electrons. The Morgan fingerprint density at radius 2 is 1.60 bits per heavy atom. The Morgan fingerprint density at radius 1 is 1.00 bits per heavy atom. The molecule has 0 saturated carbocycles. The van der Waals surface area contributed by atoms with Crippen LogP contribution < -0.4 is 5.32 Å². The fourth-order valence-electron chi connectivity index (χ4n) is 3.13. The predicted molar refractivity (Wildman–Crippen MR) is 100 cm³/mol. The largest absolute Gasteiger partial charge is 0.339 e. The van der Waals surface area contributed by atoms with Gasteiger partial charge in [-0.05, 0) is 68.1 Å². The SMILES string of the molecule is Cc1cc(C)c(NC(=O)c2ccc(C(=O)N3CCCC3)cc2)c(Cl)c1. The van der Waals surface area contributed by atoms with Crippen molar-refractivity contribution in [3.63, 3.8) is 0 Å². The van der Waals surface area contributed by atoms with Crippen LogP contribution in [0.25, 0.3) is 0 Å². The summed E-state index contributed by atoms with van der Waals surface area (Å²) in [5.74, 6) is -0.212. The molecule has 0 atom stereocenters. The van der Waals surface area contributed by atoms with Gasteiger partial charge in [0.05, 0.1) is 10.7 Å². The van der Waals surface area contributed by atoms with Gasteiger partial charge in [-0.2, -0.15) is 0 Å². The number of nitrogens with one attached hydrogen (secondary N) is 1. The lowest BCUT2D eigenvalue weighted by atomic mass is 10.1. The highest BCUT2D eigenvalue weighted by Gasteiger charge is 2.19. The Balaban J connectivity index is 1.74. The van der Waals surface area contributed by atoms with E-state index in [0.717, 1.165) is 37.1 Å². The molecular formula is C20H21ClN2O2. The highest BCUT2D eigenvalue weighted by molar-refractivity contribution is 6.34. The number of nitrogens with zero attached hydrogens (tertiary/aromatic N) is 1. The molecular weight excluding hydrogens is 336 g/mol. The number of rotatable bonds is 3. The zero-order valence-corrected chi connectivity index (χ0v) is 15.2. The van der Waals surface area contributed by atoms with Crippen LogP contribution in [-0.4, -0.2) is 29.8 Å². The van der Waals surface area contributed by atoms with Crippen LogP contribution in [0.3, 0.4) is 0 Å². The van der Waals surface area contributed by atoms with E-state index in [4.69, 9.17) is 11.6 Å². The molecule has 1 saturated heterocycles. The second kappa shape index (κ2) is 7.28. The van der Waals surface area contributed by atoms with E-state index in [0.29, 0.717) is 21.8 Å². The van der Waals surface area contributed by atoms with Gasteiger partial charge < -0.3 is 10.2 Å². The highest BCUT2D eigenvalue weighted by Crippen LogP contribution is 2.27. The van der Waals surface area contributed by atoms with Crippen LogP contribution in [0.2, 0.25) is 5.02 Å². The van der Waals surface area contributed by atoms with E-state index in [1.807, 2.05) is 30.9 Å². The fraction of sp³-hybridized carbons (Fsp3) is 0.300. The third kappa shape index (κ3) is 3.85.